The van der Waals surface area contributed by atoms with E-state index in [9.17, 15) is 9.59 Å². The summed E-state index contributed by atoms with van der Waals surface area (Å²) in [5.41, 5.74) is 8.10. The van der Waals surface area contributed by atoms with Gasteiger partial charge < -0.3 is 19.4 Å². The summed E-state index contributed by atoms with van der Waals surface area (Å²) in [5.74, 6) is 0.224. The molecule has 0 unspecified atom stereocenters. The van der Waals surface area contributed by atoms with Crippen LogP contribution in [0.5, 0.6) is 11.5 Å². The Hall–Kier alpha value is -5.10. The number of aromatic amines is 2. The van der Waals surface area contributed by atoms with Gasteiger partial charge in [-0.3, -0.25) is 9.59 Å². The maximum atomic E-state index is 13.3. The standard InChI is InChI=1S/C38H36N2O4/c1-23-21-39-25(3)29(23)15-19-35(41)43-33-17-13-27-9-5-7-11-31(27)37(33)38-32-12-8-6-10-28(32)14-18-34(38)44-36(42)20-16-30-24(2)22-40-26(30)4/h5-14,17-18,21-22,39-40H,15-16,19-20H2,1-4H3. The summed E-state index contributed by atoms with van der Waals surface area (Å²) in [6.07, 6.45) is 5.56. The first kappa shape index (κ1) is 29.0. The number of nitrogens with one attached hydrogen (secondary N) is 2. The summed E-state index contributed by atoms with van der Waals surface area (Å²) >= 11 is 0. The Bertz CT molecular complexity index is 1830. The summed E-state index contributed by atoms with van der Waals surface area (Å²) in [5, 5.41) is 3.79. The molecule has 0 fully saturated rings. The van der Waals surface area contributed by atoms with Crippen molar-refractivity contribution in [2.45, 2.75) is 53.4 Å². The van der Waals surface area contributed by atoms with E-state index in [1.54, 1.807) is 0 Å². The molecule has 44 heavy (non-hydrogen) atoms. The molecular weight excluding hydrogens is 548 g/mol. The third kappa shape index (κ3) is 5.76. The Kier molecular flexibility index (Phi) is 8.07. The fourth-order valence-electron chi connectivity index (χ4n) is 6.13. The van der Waals surface area contributed by atoms with E-state index < -0.39 is 0 Å². The molecule has 0 amide bonds. The molecule has 6 nitrogen and oxygen atoms in total. The number of rotatable bonds is 9. The molecule has 0 spiro atoms. The number of ether oxygens (including phenoxy) is 2. The molecule has 0 saturated carbocycles. The average Bonchev–Trinajstić information content (AvgIpc) is 3.52. The third-order valence-electron chi connectivity index (χ3n) is 8.51. The number of esters is 2. The van der Waals surface area contributed by atoms with Gasteiger partial charge in [0.1, 0.15) is 11.5 Å². The number of aryl methyl sites for hydroxylation is 4. The van der Waals surface area contributed by atoms with E-state index >= 15 is 0 Å². The highest BCUT2D eigenvalue weighted by Crippen LogP contribution is 2.45. The van der Waals surface area contributed by atoms with Crippen molar-refractivity contribution in [1.29, 1.82) is 0 Å². The molecule has 4 aromatic carbocycles. The van der Waals surface area contributed by atoms with Crippen LogP contribution in [0, 0.1) is 27.7 Å². The Labute approximate surface area is 257 Å². The number of fused-ring (bicyclic) bond motifs is 2. The van der Waals surface area contributed by atoms with E-state index in [-0.39, 0.29) is 24.8 Å². The Balaban J connectivity index is 1.40. The van der Waals surface area contributed by atoms with Crippen molar-refractivity contribution < 1.29 is 19.1 Å². The SMILES string of the molecule is Cc1c[nH]c(C)c1CCC(=O)Oc1ccc2ccccc2c1-c1c(OC(=O)CCc2c(C)c[nH]c2C)ccc2ccccc12. The summed E-state index contributed by atoms with van der Waals surface area (Å²) in [6.45, 7) is 8.10. The van der Waals surface area contributed by atoms with Gasteiger partial charge in [0, 0.05) is 34.9 Å². The largest absolute Gasteiger partial charge is 0.426 e. The third-order valence-corrected chi connectivity index (χ3v) is 8.51. The fourth-order valence-corrected chi connectivity index (χ4v) is 6.13. The van der Waals surface area contributed by atoms with Crippen molar-refractivity contribution in [2.24, 2.45) is 0 Å². The second-order valence-electron chi connectivity index (χ2n) is 11.4. The smallest absolute Gasteiger partial charge is 0.311 e. The number of carbonyl (C=O) groups excluding carboxylic acids is 2. The fraction of sp³-hybridized carbons (Fsp3) is 0.211. The molecule has 0 aliphatic rings. The predicted molar refractivity (Wildman–Crippen MR) is 175 cm³/mol. The van der Waals surface area contributed by atoms with E-state index in [1.165, 1.54) is 0 Å². The Morgan fingerprint density at radius 3 is 1.36 bits per heavy atom. The molecule has 2 heterocycles. The van der Waals surface area contributed by atoms with Crippen LogP contribution in [-0.4, -0.2) is 21.9 Å². The zero-order valence-electron chi connectivity index (χ0n) is 25.5. The molecule has 222 valence electrons. The topological polar surface area (TPSA) is 84.2 Å². The van der Waals surface area contributed by atoms with Gasteiger partial charge in [-0.25, -0.2) is 0 Å². The van der Waals surface area contributed by atoms with Gasteiger partial charge in [-0.15, -0.1) is 0 Å². The summed E-state index contributed by atoms with van der Waals surface area (Å²) in [4.78, 5) is 33.1. The van der Waals surface area contributed by atoms with Gasteiger partial charge in [0.05, 0.1) is 12.8 Å². The minimum atomic E-state index is -0.322. The first-order valence-electron chi connectivity index (χ1n) is 15.0. The van der Waals surface area contributed by atoms with Gasteiger partial charge in [0.2, 0.25) is 0 Å². The molecule has 0 atom stereocenters. The van der Waals surface area contributed by atoms with E-state index in [1.807, 2.05) is 113 Å². The van der Waals surface area contributed by atoms with Crippen LogP contribution in [0.4, 0.5) is 0 Å². The highest BCUT2D eigenvalue weighted by molar-refractivity contribution is 6.10. The van der Waals surface area contributed by atoms with Gasteiger partial charge in [-0.05, 0) is 96.5 Å². The first-order chi connectivity index (χ1) is 21.3. The first-order valence-corrected chi connectivity index (χ1v) is 15.0. The van der Waals surface area contributed by atoms with Gasteiger partial charge in [-0.2, -0.15) is 0 Å². The van der Waals surface area contributed by atoms with E-state index in [4.69, 9.17) is 9.47 Å². The predicted octanol–water partition coefficient (Wildman–Crippen LogP) is 8.63. The molecule has 2 aromatic heterocycles. The van der Waals surface area contributed by atoms with Crippen molar-refractivity contribution in [1.82, 2.24) is 9.97 Å². The van der Waals surface area contributed by atoms with Crippen LogP contribution < -0.4 is 9.47 Å². The van der Waals surface area contributed by atoms with Crippen LogP contribution in [0.2, 0.25) is 0 Å². The number of carbonyl (C=O) groups is 2. The van der Waals surface area contributed by atoms with Crippen molar-refractivity contribution >= 4 is 33.5 Å². The van der Waals surface area contributed by atoms with Crippen LogP contribution in [0.3, 0.4) is 0 Å². The molecule has 0 saturated heterocycles. The number of benzene rings is 4. The molecule has 0 bridgehead atoms. The number of hydrogen-bond acceptors (Lipinski definition) is 4. The van der Waals surface area contributed by atoms with Crippen molar-refractivity contribution in [3.63, 3.8) is 0 Å². The van der Waals surface area contributed by atoms with Crippen molar-refractivity contribution in [3.05, 3.63) is 119 Å². The molecule has 2 N–H and O–H groups in total. The number of H-pyrrole nitrogens is 2. The maximum Gasteiger partial charge on any atom is 0.311 e. The van der Waals surface area contributed by atoms with Crippen LogP contribution >= 0.6 is 0 Å². The summed E-state index contributed by atoms with van der Waals surface area (Å²) < 4.78 is 12.2. The van der Waals surface area contributed by atoms with Crippen LogP contribution in [0.1, 0.15) is 46.5 Å². The van der Waals surface area contributed by atoms with E-state index in [0.29, 0.717) is 24.3 Å². The lowest BCUT2D eigenvalue weighted by Crippen LogP contribution is -2.12. The quantitative estimate of drug-likeness (QED) is 0.132. The van der Waals surface area contributed by atoms with Gasteiger partial charge >= 0.3 is 11.9 Å². The molecule has 6 heteroatoms. The van der Waals surface area contributed by atoms with Gasteiger partial charge in [-0.1, -0.05) is 60.7 Å². The molecule has 0 aliphatic heterocycles. The normalized spacial score (nSPS) is 11.3. The number of hydrogen-bond donors (Lipinski definition) is 2. The molecule has 0 radical (unpaired) electrons. The average molecular weight is 585 g/mol. The highest BCUT2D eigenvalue weighted by Gasteiger charge is 2.22. The zero-order chi connectivity index (χ0) is 30.8. The Morgan fingerprint density at radius 2 is 0.977 bits per heavy atom. The lowest BCUT2D eigenvalue weighted by atomic mass is 9.92. The maximum absolute atomic E-state index is 13.3. The van der Waals surface area contributed by atoms with Crippen LogP contribution in [0.15, 0.2) is 85.2 Å². The summed E-state index contributed by atoms with van der Waals surface area (Å²) in [7, 11) is 0. The zero-order valence-corrected chi connectivity index (χ0v) is 25.5. The highest BCUT2D eigenvalue weighted by atomic mass is 16.5. The van der Waals surface area contributed by atoms with Crippen LogP contribution in [-0.2, 0) is 22.4 Å². The second kappa shape index (κ2) is 12.3. The van der Waals surface area contributed by atoms with Crippen molar-refractivity contribution in [3.8, 4) is 22.6 Å². The monoisotopic (exact) mass is 584 g/mol. The van der Waals surface area contributed by atoms with E-state index in [0.717, 1.165) is 66.3 Å². The second-order valence-corrected chi connectivity index (χ2v) is 11.4. The molecular formula is C38H36N2O4. The molecule has 0 aliphatic carbocycles. The van der Waals surface area contributed by atoms with Crippen LogP contribution in [0.25, 0.3) is 32.7 Å². The van der Waals surface area contributed by atoms with Gasteiger partial charge in [0.25, 0.3) is 0 Å². The van der Waals surface area contributed by atoms with Gasteiger partial charge in [0.15, 0.2) is 0 Å². The molecule has 6 rings (SSSR count). The lowest BCUT2D eigenvalue weighted by Gasteiger charge is -2.19. The minimum absolute atomic E-state index is 0.237. The molecule has 6 aromatic rings. The van der Waals surface area contributed by atoms with E-state index in [2.05, 4.69) is 9.97 Å². The minimum Gasteiger partial charge on any atom is -0.426 e. The van der Waals surface area contributed by atoms with Crippen molar-refractivity contribution in [2.75, 3.05) is 0 Å². The lowest BCUT2D eigenvalue weighted by molar-refractivity contribution is -0.135. The number of aromatic nitrogens is 2. The Morgan fingerprint density at radius 1 is 0.568 bits per heavy atom. The summed E-state index contributed by atoms with van der Waals surface area (Å²) in [6, 6.07) is 23.6.